The number of hydrogen-bond donors (Lipinski definition) is 0. The van der Waals surface area contributed by atoms with Gasteiger partial charge in [0.2, 0.25) is 0 Å². The Kier molecular flexibility index (Phi) is 9.86. The van der Waals surface area contributed by atoms with Gasteiger partial charge in [-0.15, -0.1) is 0 Å². The van der Waals surface area contributed by atoms with Crippen LogP contribution >= 0.6 is 0 Å². The van der Waals surface area contributed by atoms with Crippen molar-refractivity contribution in [3.63, 3.8) is 0 Å². The minimum atomic E-state index is 0.0342. The first-order valence-electron chi connectivity index (χ1n) is 6.32. The second-order valence-electron chi connectivity index (χ2n) is 3.68. The molecule has 0 aromatic heterocycles. The Morgan fingerprint density at radius 3 is 1.82 bits per heavy atom. The van der Waals surface area contributed by atoms with E-state index in [9.17, 15) is 4.79 Å². The lowest BCUT2D eigenvalue weighted by Crippen LogP contribution is -2.44. The van der Waals surface area contributed by atoms with Gasteiger partial charge >= 0.3 is 6.03 Å². The van der Waals surface area contributed by atoms with Gasteiger partial charge in [0.05, 0.1) is 13.2 Å². The van der Waals surface area contributed by atoms with Crippen LogP contribution in [0, 0.1) is 0 Å². The maximum absolute atomic E-state index is 12.0. The summed E-state index contributed by atoms with van der Waals surface area (Å²) >= 11 is 0. The largest absolute Gasteiger partial charge is 0.380 e. The lowest BCUT2D eigenvalue weighted by atomic mass is 10.5. The molecule has 0 bridgehead atoms. The lowest BCUT2D eigenvalue weighted by molar-refractivity contribution is 0.0840. The third-order valence-electron chi connectivity index (χ3n) is 2.49. The van der Waals surface area contributed by atoms with Crippen LogP contribution in [-0.4, -0.2) is 68.9 Å². The molecule has 0 N–H and O–H groups in total. The zero-order valence-corrected chi connectivity index (χ0v) is 11.6. The molecular formula is C12H26N2O3. The molecule has 102 valence electrons. The maximum Gasteiger partial charge on any atom is 0.319 e. The number of urea groups is 1. The van der Waals surface area contributed by atoms with Crippen LogP contribution in [0.3, 0.4) is 0 Å². The van der Waals surface area contributed by atoms with Crippen molar-refractivity contribution in [3.8, 4) is 0 Å². The average molecular weight is 246 g/mol. The number of carbonyl (C=O) groups excluding carboxylic acids is 1. The third kappa shape index (κ3) is 7.18. The van der Waals surface area contributed by atoms with E-state index < -0.39 is 0 Å². The normalized spacial score (nSPS) is 10.4. The molecule has 0 saturated carbocycles. The molecule has 0 heterocycles. The van der Waals surface area contributed by atoms with Gasteiger partial charge < -0.3 is 19.3 Å². The quantitative estimate of drug-likeness (QED) is 0.578. The predicted molar refractivity (Wildman–Crippen MR) is 68.3 cm³/mol. The van der Waals surface area contributed by atoms with E-state index in [1.54, 1.807) is 16.8 Å². The molecule has 0 rings (SSSR count). The molecule has 0 aromatic rings. The summed E-state index contributed by atoms with van der Waals surface area (Å²) in [4.78, 5) is 15.5. The monoisotopic (exact) mass is 246 g/mol. The Bertz CT molecular complexity index is 190. The fourth-order valence-corrected chi connectivity index (χ4v) is 1.32. The summed E-state index contributed by atoms with van der Waals surface area (Å²) in [5.41, 5.74) is 0. The minimum Gasteiger partial charge on any atom is -0.380 e. The summed E-state index contributed by atoms with van der Waals surface area (Å²) < 4.78 is 10.6. The van der Waals surface area contributed by atoms with Crippen LogP contribution in [-0.2, 0) is 9.47 Å². The van der Waals surface area contributed by atoms with Crippen molar-refractivity contribution >= 4 is 6.03 Å². The molecule has 0 aliphatic heterocycles. The van der Waals surface area contributed by atoms with E-state index in [4.69, 9.17) is 9.47 Å². The number of ether oxygens (including phenoxy) is 2. The van der Waals surface area contributed by atoms with Crippen LogP contribution in [0.25, 0.3) is 0 Å². The molecule has 0 fully saturated rings. The molecule has 0 aromatic carbocycles. The van der Waals surface area contributed by atoms with Crippen LogP contribution in [0.15, 0.2) is 0 Å². The molecular weight excluding hydrogens is 220 g/mol. The highest BCUT2D eigenvalue weighted by molar-refractivity contribution is 5.74. The molecule has 5 nitrogen and oxygen atoms in total. The van der Waals surface area contributed by atoms with Crippen molar-refractivity contribution in [2.24, 2.45) is 0 Å². The highest BCUT2D eigenvalue weighted by Gasteiger charge is 2.16. The minimum absolute atomic E-state index is 0.0342. The van der Waals surface area contributed by atoms with Crippen LogP contribution in [0.5, 0.6) is 0 Å². The summed E-state index contributed by atoms with van der Waals surface area (Å²) in [6, 6.07) is 0.0342. The summed E-state index contributed by atoms with van der Waals surface area (Å²) in [5, 5.41) is 0. The van der Waals surface area contributed by atoms with Gasteiger partial charge in [-0.3, -0.25) is 0 Å². The average Bonchev–Trinajstić information content (AvgIpc) is 2.35. The van der Waals surface area contributed by atoms with Gasteiger partial charge in [-0.25, -0.2) is 4.79 Å². The van der Waals surface area contributed by atoms with Gasteiger partial charge in [-0.05, 0) is 20.8 Å². The fourth-order valence-electron chi connectivity index (χ4n) is 1.32. The molecule has 0 unspecified atom stereocenters. The second-order valence-corrected chi connectivity index (χ2v) is 3.68. The van der Waals surface area contributed by atoms with Crippen molar-refractivity contribution in [1.82, 2.24) is 9.80 Å². The molecule has 2 amide bonds. The first kappa shape index (κ1) is 16.2. The number of carbonyl (C=O) groups is 1. The van der Waals surface area contributed by atoms with Gasteiger partial charge in [0.25, 0.3) is 0 Å². The number of rotatable bonds is 9. The van der Waals surface area contributed by atoms with Gasteiger partial charge in [-0.1, -0.05) is 0 Å². The van der Waals surface area contributed by atoms with E-state index in [-0.39, 0.29) is 6.03 Å². The van der Waals surface area contributed by atoms with Gasteiger partial charge in [0.15, 0.2) is 0 Å². The molecule has 0 aliphatic carbocycles. The van der Waals surface area contributed by atoms with Crippen LogP contribution in [0.4, 0.5) is 4.79 Å². The smallest absolute Gasteiger partial charge is 0.319 e. The zero-order chi connectivity index (χ0) is 13.1. The van der Waals surface area contributed by atoms with Crippen molar-refractivity contribution < 1.29 is 14.3 Å². The highest BCUT2D eigenvalue weighted by Crippen LogP contribution is 1.97. The van der Waals surface area contributed by atoms with Crippen molar-refractivity contribution in [2.75, 3.05) is 53.1 Å². The van der Waals surface area contributed by atoms with E-state index in [0.29, 0.717) is 46.1 Å². The summed E-state index contributed by atoms with van der Waals surface area (Å²) in [6.45, 7) is 10.3. The van der Waals surface area contributed by atoms with Crippen LogP contribution < -0.4 is 0 Å². The molecule has 0 atom stereocenters. The molecule has 0 saturated heterocycles. The summed E-state index contributed by atoms with van der Waals surface area (Å²) in [5.74, 6) is 0. The molecule has 5 heteroatoms. The SMILES string of the molecule is CCOCCN(CCOCC)C(=O)N(C)CC. The van der Waals surface area contributed by atoms with E-state index in [1.807, 2.05) is 20.8 Å². The Hall–Kier alpha value is -0.810. The van der Waals surface area contributed by atoms with Crippen molar-refractivity contribution in [1.29, 1.82) is 0 Å². The molecule has 0 aliphatic rings. The topological polar surface area (TPSA) is 42.0 Å². The van der Waals surface area contributed by atoms with Gasteiger partial charge in [0.1, 0.15) is 0 Å². The molecule has 0 radical (unpaired) electrons. The standard InChI is InChI=1S/C12H26N2O3/c1-5-13(4)12(15)14(8-10-16-6-2)9-11-17-7-3/h5-11H2,1-4H3. The first-order valence-corrected chi connectivity index (χ1v) is 6.32. The van der Waals surface area contributed by atoms with Crippen molar-refractivity contribution in [3.05, 3.63) is 0 Å². The predicted octanol–water partition coefficient (Wildman–Crippen LogP) is 1.43. The molecule has 0 spiro atoms. The number of nitrogens with zero attached hydrogens (tertiary/aromatic N) is 2. The van der Waals surface area contributed by atoms with Crippen LogP contribution in [0.1, 0.15) is 20.8 Å². The van der Waals surface area contributed by atoms with Crippen molar-refractivity contribution in [2.45, 2.75) is 20.8 Å². The lowest BCUT2D eigenvalue weighted by Gasteiger charge is -2.27. The third-order valence-corrected chi connectivity index (χ3v) is 2.49. The van der Waals surface area contributed by atoms with E-state index in [1.165, 1.54) is 0 Å². The highest BCUT2D eigenvalue weighted by atomic mass is 16.5. The first-order chi connectivity index (χ1) is 8.17. The van der Waals surface area contributed by atoms with Crippen LogP contribution in [0.2, 0.25) is 0 Å². The summed E-state index contributed by atoms with van der Waals surface area (Å²) in [7, 11) is 1.80. The Labute approximate surface area is 105 Å². The number of hydrogen-bond acceptors (Lipinski definition) is 3. The van der Waals surface area contributed by atoms with E-state index in [2.05, 4.69) is 0 Å². The molecule has 17 heavy (non-hydrogen) atoms. The fraction of sp³-hybridized carbons (Fsp3) is 0.917. The number of amides is 2. The maximum atomic E-state index is 12.0. The Balaban J connectivity index is 4.12. The van der Waals surface area contributed by atoms with E-state index >= 15 is 0 Å². The van der Waals surface area contributed by atoms with E-state index in [0.717, 1.165) is 0 Å². The van der Waals surface area contributed by atoms with Gasteiger partial charge in [0, 0.05) is 39.9 Å². The second kappa shape index (κ2) is 10.4. The Morgan fingerprint density at radius 1 is 1.00 bits per heavy atom. The Morgan fingerprint density at radius 2 is 1.47 bits per heavy atom. The zero-order valence-electron chi connectivity index (χ0n) is 11.6. The summed E-state index contributed by atoms with van der Waals surface area (Å²) in [6.07, 6.45) is 0. The van der Waals surface area contributed by atoms with Gasteiger partial charge in [-0.2, -0.15) is 0 Å².